The molecule has 1 aliphatic heterocycles. The van der Waals surface area contributed by atoms with E-state index in [0.29, 0.717) is 18.0 Å². The third kappa shape index (κ3) is 4.35. The molecule has 1 aromatic rings. The highest BCUT2D eigenvalue weighted by atomic mass is 16.6. The summed E-state index contributed by atoms with van der Waals surface area (Å²) in [6, 6.07) is 7.25. The summed E-state index contributed by atoms with van der Waals surface area (Å²) < 4.78 is 11.1. The third-order valence-electron chi connectivity index (χ3n) is 3.68. The summed E-state index contributed by atoms with van der Waals surface area (Å²) >= 11 is 0. The molecule has 0 aliphatic carbocycles. The van der Waals surface area contributed by atoms with Gasteiger partial charge in [0.15, 0.2) is 11.5 Å². The van der Waals surface area contributed by atoms with E-state index in [9.17, 15) is 9.90 Å². The van der Waals surface area contributed by atoms with Crippen molar-refractivity contribution in [3.05, 3.63) is 24.3 Å². The molecule has 0 aromatic heterocycles. The Morgan fingerprint density at radius 1 is 1.36 bits per heavy atom. The molecule has 0 fully saturated rings. The fraction of sp³-hybridized carbons (Fsp3) is 0.562. The first-order chi connectivity index (χ1) is 10.6. The Hall–Kier alpha value is -1.79. The summed E-state index contributed by atoms with van der Waals surface area (Å²) in [5, 5.41) is 12.7. The van der Waals surface area contributed by atoms with Crippen LogP contribution in [0.3, 0.4) is 0 Å². The van der Waals surface area contributed by atoms with E-state index in [1.54, 1.807) is 12.1 Å². The van der Waals surface area contributed by atoms with Gasteiger partial charge in [-0.3, -0.25) is 4.79 Å². The van der Waals surface area contributed by atoms with E-state index < -0.39 is 12.2 Å². The molecule has 2 rings (SSSR count). The predicted octanol–water partition coefficient (Wildman–Crippen LogP) is 0.645. The van der Waals surface area contributed by atoms with Gasteiger partial charge in [-0.15, -0.1) is 0 Å². The Balaban J connectivity index is 1.79. The zero-order valence-electron chi connectivity index (χ0n) is 13.1. The zero-order valence-corrected chi connectivity index (χ0v) is 13.1. The van der Waals surface area contributed by atoms with Gasteiger partial charge in [0, 0.05) is 13.1 Å². The van der Waals surface area contributed by atoms with E-state index in [1.807, 2.05) is 26.0 Å². The Labute approximate surface area is 131 Å². The second kappa shape index (κ2) is 8.00. The molecule has 0 spiro atoms. The number of fused-ring (bicyclic) bond motifs is 1. The molecule has 0 radical (unpaired) electrons. The molecule has 1 aromatic carbocycles. The largest absolute Gasteiger partial charge is 0.485 e. The van der Waals surface area contributed by atoms with Crippen molar-refractivity contribution in [3.63, 3.8) is 0 Å². The highest BCUT2D eigenvalue weighted by molar-refractivity contribution is 5.81. The van der Waals surface area contributed by atoms with Gasteiger partial charge in [-0.25, -0.2) is 0 Å². The second-order valence-electron chi connectivity index (χ2n) is 5.25. The van der Waals surface area contributed by atoms with Crippen molar-refractivity contribution in [2.75, 3.05) is 32.8 Å². The lowest BCUT2D eigenvalue weighted by molar-refractivity contribution is -0.130. The van der Waals surface area contributed by atoms with Gasteiger partial charge in [-0.2, -0.15) is 0 Å². The molecule has 2 atom stereocenters. The van der Waals surface area contributed by atoms with E-state index in [4.69, 9.17) is 9.47 Å². The van der Waals surface area contributed by atoms with Crippen LogP contribution in [0.15, 0.2) is 24.3 Å². The summed E-state index contributed by atoms with van der Waals surface area (Å²) in [6.45, 7) is 6.75. The average Bonchev–Trinajstić information content (AvgIpc) is 2.57. The molecule has 1 amide bonds. The second-order valence-corrected chi connectivity index (χ2v) is 5.25. The number of carbonyl (C=O) groups excluding carboxylic acids is 1. The quantitative estimate of drug-likeness (QED) is 0.774. The van der Waals surface area contributed by atoms with Crippen molar-refractivity contribution in [1.82, 2.24) is 10.2 Å². The van der Waals surface area contributed by atoms with Gasteiger partial charge in [0.2, 0.25) is 6.10 Å². The molecule has 2 unspecified atom stereocenters. The predicted molar refractivity (Wildman–Crippen MR) is 83.2 cm³/mol. The number of amides is 1. The number of hydrogen-bond donors (Lipinski definition) is 2. The minimum atomic E-state index is -0.685. The standard InChI is InChI=1S/C16H24N2O4/c1-3-18(4-2)10-12(19)9-17-16(20)15-11-21-13-7-5-6-8-14(13)22-15/h5-8,12,15,19H,3-4,9-11H2,1-2H3,(H,17,20). The number of likely N-dealkylation sites (N-methyl/N-ethyl adjacent to an activating group) is 1. The normalized spacial score (nSPS) is 18.1. The summed E-state index contributed by atoms with van der Waals surface area (Å²) in [7, 11) is 0. The lowest BCUT2D eigenvalue weighted by Crippen LogP contribution is -2.47. The van der Waals surface area contributed by atoms with Crippen molar-refractivity contribution < 1.29 is 19.4 Å². The lowest BCUT2D eigenvalue weighted by Gasteiger charge is -2.26. The number of nitrogens with zero attached hydrogens (tertiary/aromatic N) is 1. The van der Waals surface area contributed by atoms with E-state index in [-0.39, 0.29) is 19.1 Å². The first-order valence-electron chi connectivity index (χ1n) is 7.70. The van der Waals surface area contributed by atoms with Gasteiger partial charge in [-0.05, 0) is 25.2 Å². The molecule has 0 saturated heterocycles. The highest BCUT2D eigenvalue weighted by Crippen LogP contribution is 2.30. The number of para-hydroxylation sites is 2. The Morgan fingerprint density at radius 3 is 2.73 bits per heavy atom. The fourth-order valence-corrected chi connectivity index (χ4v) is 2.33. The Morgan fingerprint density at radius 2 is 2.05 bits per heavy atom. The van der Waals surface area contributed by atoms with E-state index >= 15 is 0 Å². The van der Waals surface area contributed by atoms with Crippen molar-refractivity contribution in [3.8, 4) is 11.5 Å². The molecular formula is C16H24N2O4. The Kier molecular flexibility index (Phi) is 6.03. The molecule has 2 N–H and O–H groups in total. The van der Waals surface area contributed by atoms with Gasteiger partial charge in [0.25, 0.3) is 5.91 Å². The average molecular weight is 308 g/mol. The van der Waals surface area contributed by atoms with E-state index in [2.05, 4.69) is 10.2 Å². The van der Waals surface area contributed by atoms with Crippen molar-refractivity contribution in [2.24, 2.45) is 0 Å². The number of nitrogens with one attached hydrogen (secondary N) is 1. The van der Waals surface area contributed by atoms with Crippen LogP contribution in [0, 0.1) is 0 Å². The van der Waals surface area contributed by atoms with Crippen LogP contribution in [-0.4, -0.2) is 60.9 Å². The fourth-order valence-electron chi connectivity index (χ4n) is 2.33. The number of aliphatic hydroxyl groups is 1. The van der Waals surface area contributed by atoms with Crippen molar-refractivity contribution in [2.45, 2.75) is 26.1 Å². The highest BCUT2D eigenvalue weighted by Gasteiger charge is 2.27. The number of benzene rings is 1. The first-order valence-corrected chi connectivity index (χ1v) is 7.70. The summed E-state index contributed by atoms with van der Waals surface area (Å²) in [5.41, 5.74) is 0. The SMILES string of the molecule is CCN(CC)CC(O)CNC(=O)C1COc2ccccc2O1. The topological polar surface area (TPSA) is 71.0 Å². The number of ether oxygens (including phenoxy) is 2. The van der Waals surface area contributed by atoms with Gasteiger partial charge < -0.3 is 24.8 Å². The maximum atomic E-state index is 12.1. The zero-order chi connectivity index (χ0) is 15.9. The summed E-state index contributed by atoms with van der Waals surface area (Å²) in [6.07, 6.45) is -1.28. The van der Waals surface area contributed by atoms with Crippen LogP contribution in [0.2, 0.25) is 0 Å². The molecule has 1 heterocycles. The maximum absolute atomic E-state index is 12.1. The van der Waals surface area contributed by atoms with Crippen LogP contribution >= 0.6 is 0 Å². The van der Waals surface area contributed by atoms with Crippen LogP contribution in [0.25, 0.3) is 0 Å². The van der Waals surface area contributed by atoms with Crippen LogP contribution in [0.5, 0.6) is 11.5 Å². The number of hydrogen-bond acceptors (Lipinski definition) is 5. The van der Waals surface area contributed by atoms with Gasteiger partial charge in [0.05, 0.1) is 6.10 Å². The van der Waals surface area contributed by atoms with Gasteiger partial charge in [-0.1, -0.05) is 26.0 Å². The summed E-state index contributed by atoms with van der Waals surface area (Å²) in [5.74, 6) is 0.943. The molecule has 1 aliphatic rings. The number of aliphatic hydroxyl groups excluding tert-OH is 1. The summed E-state index contributed by atoms with van der Waals surface area (Å²) in [4.78, 5) is 14.2. The maximum Gasteiger partial charge on any atom is 0.264 e. The van der Waals surface area contributed by atoms with Gasteiger partial charge in [0.1, 0.15) is 6.61 Å². The van der Waals surface area contributed by atoms with E-state index in [0.717, 1.165) is 13.1 Å². The van der Waals surface area contributed by atoms with Crippen molar-refractivity contribution >= 4 is 5.91 Å². The molecule has 6 nitrogen and oxygen atoms in total. The smallest absolute Gasteiger partial charge is 0.264 e. The Bertz CT molecular complexity index is 491. The number of carbonyl (C=O) groups is 1. The number of rotatable bonds is 7. The van der Waals surface area contributed by atoms with Crippen LogP contribution in [0.4, 0.5) is 0 Å². The minimum absolute atomic E-state index is 0.176. The van der Waals surface area contributed by atoms with Crippen molar-refractivity contribution in [1.29, 1.82) is 0 Å². The molecule has 22 heavy (non-hydrogen) atoms. The third-order valence-corrected chi connectivity index (χ3v) is 3.68. The minimum Gasteiger partial charge on any atom is -0.485 e. The first kappa shape index (κ1) is 16.6. The van der Waals surface area contributed by atoms with Crippen LogP contribution in [-0.2, 0) is 4.79 Å². The van der Waals surface area contributed by atoms with Gasteiger partial charge >= 0.3 is 0 Å². The van der Waals surface area contributed by atoms with E-state index in [1.165, 1.54) is 0 Å². The lowest BCUT2D eigenvalue weighted by atomic mass is 10.2. The molecular weight excluding hydrogens is 284 g/mol. The molecule has 0 saturated carbocycles. The molecule has 122 valence electrons. The van der Waals surface area contributed by atoms with Crippen LogP contribution in [0.1, 0.15) is 13.8 Å². The monoisotopic (exact) mass is 308 g/mol. The van der Waals surface area contributed by atoms with Crippen LogP contribution < -0.4 is 14.8 Å². The molecule has 6 heteroatoms. The molecule has 0 bridgehead atoms.